The number of nitrogens with zero attached hydrogens (tertiary/aromatic N) is 2. The van der Waals surface area contributed by atoms with Crippen molar-refractivity contribution in [2.75, 3.05) is 0 Å². The molecule has 3 N–H and O–H groups in total. The van der Waals surface area contributed by atoms with Crippen LogP contribution in [-0.2, 0) is 12.8 Å². The fourth-order valence-electron chi connectivity index (χ4n) is 1.49. The summed E-state index contributed by atoms with van der Waals surface area (Å²) in [6.45, 7) is 2.17. The van der Waals surface area contributed by atoms with Crippen molar-refractivity contribution in [3.63, 3.8) is 0 Å². The van der Waals surface area contributed by atoms with Crippen molar-refractivity contribution in [2.45, 2.75) is 25.8 Å². The van der Waals surface area contributed by atoms with E-state index < -0.39 is 0 Å². The first-order chi connectivity index (χ1) is 7.83. The van der Waals surface area contributed by atoms with Gasteiger partial charge in [-0.05, 0) is 30.1 Å². The Labute approximate surface area is 103 Å². The normalized spacial score (nSPS) is 12.9. The zero-order valence-corrected chi connectivity index (χ0v) is 10.6. The molecular formula is C10H14N4S2. The Balaban J connectivity index is 2.07. The zero-order chi connectivity index (χ0) is 11.4. The van der Waals surface area contributed by atoms with E-state index in [-0.39, 0.29) is 6.04 Å². The van der Waals surface area contributed by atoms with E-state index in [9.17, 15) is 0 Å². The molecule has 2 heterocycles. The highest BCUT2D eigenvalue weighted by Crippen LogP contribution is 2.24. The lowest BCUT2D eigenvalue weighted by molar-refractivity contribution is 0.563. The van der Waals surface area contributed by atoms with E-state index in [0.29, 0.717) is 0 Å². The van der Waals surface area contributed by atoms with Crippen LogP contribution in [-0.4, -0.2) is 9.59 Å². The first-order valence-electron chi connectivity index (χ1n) is 5.14. The minimum atomic E-state index is 0.114. The lowest BCUT2D eigenvalue weighted by atomic mass is 10.1. The predicted molar refractivity (Wildman–Crippen MR) is 67.4 cm³/mol. The minimum Gasteiger partial charge on any atom is -0.271 e. The molecule has 0 aliphatic carbocycles. The summed E-state index contributed by atoms with van der Waals surface area (Å²) in [5.74, 6) is 5.56. The number of hydrazine groups is 1. The molecule has 16 heavy (non-hydrogen) atoms. The van der Waals surface area contributed by atoms with Crippen molar-refractivity contribution < 1.29 is 0 Å². The van der Waals surface area contributed by atoms with Crippen LogP contribution < -0.4 is 11.3 Å². The number of hydrogen-bond donors (Lipinski definition) is 2. The average Bonchev–Trinajstić information content (AvgIpc) is 2.96. The second-order valence-corrected chi connectivity index (χ2v) is 5.53. The summed E-state index contributed by atoms with van der Waals surface area (Å²) in [5, 5.41) is 3.83. The Bertz CT molecular complexity index is 424. The number of rotatable bonds is 5. The summed E-state index contributed by atoms with van der Waals surface area (Å²) in [4.78, 5) is 3.83. The average molecular weight is 254 g/mol. The maximum atomic E-state index is 5.56. The quantitative estimate of drug-likeness (QED) is 0.632. The number of aryl methyl sites for hydroxylation is 1. The van der Waals surface area contributed by atoms with Gasteiger partial charge in [-0.15, -0.1) is 16.4 Å². The molecule has 2 aromatic rings. The lowest BCUT2D eigenvalue weighted by Crippen LogP contribution is -2.28. The highest BCUT2D eigenvalue weighted by molar-refractivity contribution is 7.12. The third-order valence-electron chi connectivity index (χ3n) is 2.39. The Morgan fingerprint density at radius 2 is 2.25 bits per heavy atom. The molecule has 6 heteroatoms. The van der Waals surface area contributed by atoms with Gasteiger partial charge in [-0.1, -0.05) is 11.4 Å². The van der Waals surface area contributed by atoms with Gasteiger partial charge in [0.05, 0.1) is 17.1 Å². The molecule has 1 atom stereocenters. The summed E-state index contributed by atoms with van der Waals surface area (Å²) in [6.07, 6.45) is 3.75. The van der Waals surface area contributed by atoms with E-state index in [2.05, 4.69) is 34.1 Å². The van der Waals surface area contributed by atoms with Crippen LogP contribution in [0.25, 0.3) is 0 Å². The van der Waals surface area contributed by atoms with Crippen molar-refractivity contribution in [2.24, 2.45) is 5.84 Å². The summed E-state index contributed by atoms with van der Waals surface area (Å²) in [5.41, 5.74) is 2.82. The van der Waals surface area contributed by atoms with Crippen LogP contribution in [0.15, 0.2) is 18.3 Å². The number of thiophene rings is 1. The van der Waals surface area contributed by atoms with Gasteiger partial charge in [0, 0.05) is 16.2 Å². The summed E-state index contributed by atoms with van der Waals surface area (Å²) in [6, 6.07) is 4.46. The van der Waals surface area contributed by atoms with Gasteiger partial charge in [-0.2, -0.15) is 0 Å². The van der Waals surface area contributed by atoms with Crippen LogP contribution in [0.1, 0.15) is 27.6 Å². The van der Waals surface area contributed by atoms with Crippen LogP contribution in [0.4, 0.5) is 0 Å². The molecular weight excluding hydrogens is 240 g/mol. The summed E-state index contributed by atoms with van der Waals surface area (Å²) in [7, 11) is 0. The molecule has 0 saturated heterocycles. The molecule has 0 bridgehead atoms. The highest BCUT2D eigenvalue weighted by atomic mass is 32.1. The van der Waals surface area contributed by atoms with Crippen LogP contribution in [0.5, 0.6) is 0 Å². The summed E-state index contributed by atoms with van der Waals surface area (Å²) >= 11 is 3.23. The van der Waals surface area contributed by atoms with Gasteiger partial charge in [0.1, 0.15) is 0 Å². The van der Waals surface area contributed by atoms with E-state index in [1.807, 2.05) is 11.3 Å². The second kappa shape index (κ2) is 5.49. The van der Waals surface area contributed by atoms with Crippen molar-refractivity contribution in [3.05, 3.63) is 33.0 Å². The molecule has 0 aromatic carbocycles. The van der Waals surface area contributed by atoms with Gasteiger partial charge < -0.3 is 0 Å². The van der Waals surface area contributed by atoms with Gasteiger partial charge >= 0.3 is 0 Å². The Hall–Kier alpha value is -0.820. The zero-order valence-electron chi connectivity index (χ0n) is 9.01. The van der Waals surface area contributed by atoms with E-state index in [1.165, 1.54) is 21.3 Å². The third kappa shape index (κ3) is 2.65. The number of hydrogen-bond acceptors (Lipinski definition) is 6. The molecule has 4 nitrogen and oxygen atoms in total. The largest absolute Gasteiger partial charge is 0.271 e. The molecule has 0 aliphatic rings. The van der Waals surface area contributed by atoms with Crippen molar-refractivity contribution in [1.29, 1.82) is 0 Å². The maximum Gasteiger partial charge on any atom is 0.0670 e. The molecule has 1 unspecified atom stereocenters. The van der Waals surface area contributed by atoms with Gasteiger partial charge in [0.2, 0.25) is 0 Å². The van der Waals surface area contributed by atoms with Crippen LogP contribution in [0.2, 0.25) is 0 Å². The maximum absolute atomic E-state index is 5.56. The van der Waals surface area contributed by atoms with Crippen molar-refractivity contribution >= 4 is 22.9 Å². The van der Waals surface area contributed by atoms with Crippen LogP contribution >= 0.6 is 22.9 Å². The van der Waals surface area contributed by atoms with Gasteiger partial charge in [0.15, 0.2) is 0 Å². The van der Waals surface area contributed by atoms with Crippen LogP contribution in [0, 0.1) is 0 Å². The highest BCUT2D eigenvalue weighted by Gasteiger charge is 2.14. The van der Waals surface area contributed by atoms with Gasteiger partial charge in [-0.3, -0.25) is 11.3 Å². The monoisotopic (exact) mass is 254 g/mol. The number of nitrogens with one attached hydrogen (secondary N) is 1. The minimum absolute atomic E-state index is 0.114. The molecule has 0 radical (unpaired) electrons. The summed E-state index contributed by atoms with van der Waals surface area (Å²) < 4.78 is 3.85. The molecule has 0 amide bonds. The molecule has 86 valence electrons. The second-order valence-electron chi connectivity index (χ2n) is 3.46. The van der Waals surface area contributed by atoms with Gasteiger partial charge in [0.25, 0.3) is 0 Å². The molecule has 0 saturated carbocycles. The van der Waals surface area contributed by atoms with E-state index in [1.54, 1.807) is 6.20 Å². The van der Waals surface area contributed by atoms with E-state index in [4.69, 9.17) is 5.84 Å². The molecule has 0 fully saturated rings. The molecule has 2 aromatic heterocycles. The smallest absolute Gasteiger partial charge is 0.0670 e. The van der Waals surface area contributed by atoms with E-state index >= 15 is 0 Å². The first kappa shape index (κ1) is 11.7. The fourth-order valence-corrected chi connectivity index (χ4v) is 3.06. The molecule has 0 spiro atoms. The Morgan fingerprint density at radius 3 is 2.81 bits per heavy atom. The molecule has 0 aliphatic heterocycles. The van der Waals surface area contributed by atoms with Crippen molar-refractivity contribution in [1.82, 2.24) is 15.0 Å². The Morgan fingerprint density at radius 1 is 1.44 bits per heavy atom. The Kier molecular flexibility index (Phi) is 4.00. The predicted octanol–water partition coefficient (Wildman–Crippen LogP) is 1.91. The van der Waals surface area contributed by atoms with Crippen molar-refractivity contribution in [3.8, 4) is 0 Å². The fraction of sp³-hybridized carbons (Fsp3) is 0.400. The first-order valence-corrected chi connectivity index (χ1v) is 6.73. The third-order valence-corrected chi connectivity index (χ3v) is 4.42. The van der Waals surface area contributed by atoms with Crippen LogP contribution in [0.3, 0.4) is 0 Å². The molecule has 2 rings (SSSR count). The van der Waals surface area contributed by atoms with E-state index in [0.717, 1.165) is 17.7 Å². The standard InChI is InChI=1S/C10H14N4S2/c1-2-7-3-4-8(15-7)5-9(13-11)10-6-12-14-16-10/h3-4,6,9,13H,2,5,11H2,1H3. The number of aromatic nitrogens is 2. The number of nitrogens with two attached hydrogens (primary N) is 1. The lowest BCUT2D eigenvalue weighted by Gasteiger charge is -2.11. The van der Waals surface area contributed by atoms with Gasteiger partial charge in [-0.25, -0.2) is 0 Å². The topological polar surface area (TPSA) is 63.8 Å². The SMILES string of the molecule is CCc1ccc(CC(NN)c2cnns2)s1.